The number of carbonyl (C=O) groups is 1. The molecule has 0 aliphatic heterocycles. The van der Waals surface area contributed by atoms with Gasteiger partial charge in [-0.3, -0.25) is 0 Å². The summed E-state index contributed by atoms with van der Waals surface area (Å²) >= 11 is 0. The van der Waals surface area contributed by atoms with E-state index in [0.29, 0.717) is 11.5 Å². The van der Waals surface area contributed by atoms with Gasteiger partial charge in [-0.1, -0.05) is 18.7 Å². The van der Waals surface area contributed by atoms with Crippen molar-refractivity contribution in [3.8, 4) is 11.5 Å². The molecule has 0 aliphatic carbocycles. The van der Waals surface area contributed by atoms with Crippen molar-refractivity contribution in [2.45, 2.75) is 26.4 Å². The van der Waals surface area contributed by atoms with E-state index in [1.54, 1.807) is 25.3 Å². The quantitative estimate of drug-likeness (QED) is 0.767. The van der Waals surface area contributed by atoms with Crippen LogP contribution in [-0.2, 0) is 9.53 Å². The van der Waals surface area contributed by atoms with Gasteiger partial charge in [-0.2, -0.15) is 0 Å². The maximum Gasteiger partial charge on any atom is 0.344 e. The molecule has 1 aromatic rings. The number of ether oxygens (including phenoxy) is 3. The van der Waals surface area contributed by atoms with Crippen LogP contribution in [-0.4, -0.2) is 25.3 Å². The summed E-state index contributed by atoms with van der Waals surface area (Å²) in [6, 6.07) is 5.36. The summed E-state index contributed by atoms with van der Waals surface area (Å²) < 4.78 is 15.8. The van der Waals surface area contributed by atoms with E-state index in [0.717, 1.165) is 5.56 Å². The van der Waals surface area contributed by atoms with Crippen LogP contribution in [0.4, 0.5) is 0 Å². The molecule has 1 rings (SSSR count). The molecule has 0 saturated heterocycles. The monoisotopic (exact) mass is 264 g/mol. The van der Waals surface area contributed by atoms with E-state index in [9.17, 15) is 4.79 Å². The summed E-state index contributed by atoms with van der Waals surface area (Å²) in [7, 11) is 1.54. The summed E-state index contributed by atoms with van der Waals surface area (Å²) in [4.78, 5) is 11.6. The minimum Gasteiger partial charge on any atom is -0.493 e. The fourth-order valence-electron chi connectivity index (χ4n) is 1.44. The zero-order valence-corrected chi connectivity index (χ0v) is 11.9. The Hall–Kier alpha value is -1.97. The van der Waals surface area contributed by atoms with Gasteiger partial charge in [0.05, 0.1) is 7.11 Å². The number of esters is 1. The van der Waals surface area contributed by atoms with Gasteiger partial charge in [0.25, 0.3) is 0 Å². The van der Waals surface area contributed by atoms with Crippen molar-refractivity contribution in [1.82, 2.24) is 0 Å². The number of hydrogen-bond acceptors (Lipinski definition) is 4. The Morgan fingerprint density at radius 1 is 1.32 bits per heavy atom. The van der Waals surface area contributed by atoms with Gasteiger partial charge in [-0.05, 0) is 38.5 Å². The second kappa shape index (κ2) is 6.27. The summed E-state index contributed by atoms with van der Waals surface area (Å²) in [5, 5.41) is 0. The molecular formula is C15H20O4. The Bertz CT molecular complexity index is 458. The molecule has 0 aliphatic rings. The molecule has 0 fully saturated rings. The van der Waals surface area contributed by atoms with Crippen molar-refractivity contribution < 1.29 is 19.0 Å². The lowest BCUT2D eigenvalue weighted by Gasteiger charge is -2.19. The van der Waals surface area contributed by atoms with Crippen LogP contribution in [0.1, 0.15) is 26.3 Å². The van der Waals surface area contributed by atoms with Gasteiger partial charge in [-0.15, -0.1) is 0 Å². The number of methoxy groups -OCH3 is 1. The molecule has 4 heteroatoms. The fourth-order valence-corrected chi connectivity index (χ4v) is 1.44. The zero-order chi connectivity index (χ0) is 14.5. The van der Waals surface area contributed by atoms with Crippen LogP contribution in [0.2, 0.25) is 0 Å². The molecule has 0 radical (unpaired) electrons. The van der Waals surface area contributed by atoms with Crippen molar-refractivity contribution in [3.63, 3.8) is 0 Å². The highest BCUT2D eigenvalue weighted by molar-refractivity contribution is 5.71. The van der Waals surface area contributed by atoms with Crippen LogP contribution in [0.5, 0.6) is 11.5 Å². The molecule has 0 unspecified atom stereocenters. The number of rotatable bonds is 5. The lowest BCUT2D eigenvalue weighted by atomic mass is 10.2. The first-order valence-electron chi connectivity index (χ1n) is 6.01. The highest BCUT2D eigenvalue weighted by atomic mass is 16.6. The first-order valence-corrected chi connectivity index (χ1v) is 6.01. The normalized spacial score (nSPS) is 10.7. The predicted molar refractivity (Wildman–Crippen MR) is 74.4 cm³/mol. The molecule has 0 spiro atoms. The fraction of sp³-hybridized carbons (Fsp3) is 0.400. The van der Waals surface area contributed by atoms with Gasteiger partial charge in [0.15, 0.2) is 18.1 Å². The van der Waals surface area contributed by atoms with E-state index in [4.69, 9.17) is 14.2 Å². The molecule has 1 aromatic carbocycles. The Morgan fingerprint density at radius 3 is 2.53 bits per heavy atom. The van der Waals surface area contributed by atoms with Gasteiger partial charge in [-0.25, -0.2) is 4.79 Å². The summed E-state index contributed by atoms with van der Waals surface area (Å²) in [5.74, 6) is 0.641. The first kappa shape index (κ1) is 15.1. The first-order chi connectivity index (χ1) is 8.85. The maximum atomic E-state index is 11.6. The van der Waals surface area contributed by atoms with Gasteiger partial charge in [0.2, 0.25) is 0 Å². The molecule has 19 heavy (non-hydrogen) atoms. The van der Waals surface area contributed by atoms with Crippen molar-refractivity contribution in [2.75, 3.05) is 13.7 Å². The lowest BCUT2D eigenvalue weighted by Crippen LogP contribution is -2.27. The van der Waals surface area contributed by atoms with Crippen molar-refractivity contribution in [3.05, 3.63) is 30.3 Å². The lowest BCUT2D eigenvalue weighted by molar-refractivity contribution is -0.157. The van der Waals surface area contributed by atoms with E-state index in [2.05, 4.69) is 6.58 Å². The third kappa shape index (κ3) is 5.04. The zero-order valence-electron chi connectivity index (χ0n) is 11.9. The van der Waals surface area contributed by atoms with E-state index in [1.807, 2.05) is 26.8 Å². The van der Waals surface area contributed by atoms with Gasteiger partial charge in [0, 0.05) is 0 Å². The molecule has 104 valence electrons. The molecule has 0 saturated carbocycles. The molecule has 0 amide bonds. The average Bonchev–Trinajstić information content (AvgIpc) is 2.34. The van der Waals surface area contributed by atoms with E-state index >= 15 is 0 Å². The third-order valence-electron chi connectivity index (χ3n) is 2.19. The molecule has 0 bridgehead atoms. The van der Waals surface area contributed by atoms with Crippen molar-refractivity contribution in [1.29, 1.82) is 0 Å². The van der Waals surface area contributed by atoms with E-state index < -0.39 is 11.6 Å². The van der Waals surface area contributed by atoms with Gasteiger partial charge >= 0.3 is 5.97 Å². The summed E-state index contributed by atoms with van der Waals surface area (Å²) in [5.41, 5.74) is 0.401. The molecule has 0 N–H and O–H groups in total. The average molecular weight is 264 g/mol. The Labute approximate surface area is 114 Å². The number of carbonyl (C=O) groups excluding carboxylic acids is 1. The minimum atomic E-state index is -0.517. The van der Waals surface area contributed by atoms with Crippen molar-refractivity contribution >= 4 is 12.0 Å². The van der Waals surface area contributed by atoms with Crippen LogP contribution >= 0.6 is 0 Å². The Kier molecular flexibility index (Phi) is 4.98. The minimum absolute atomic E-state index is 0.152. The highest BCUT2D eigenvalue weighted by Crippen LogP contribution is 2.28. The number of hydrogen-bond donors (Lipinski definition) is 0. The molecule has 0 aromatic heterocycles. The Balaban J connectivity index is 2.67. The van der Waals surface area contributed by atoms with Crippen LogP contribution in [0.25, 0.3) is 6.08 Å². The van der Waals surface area contributed by atoms with Crippen LogP contribution in [0.3, 0.4) is 0 Å². The summed E-state index contributed by atoms with van der Waals surface area (Å²) in [6.45, 7) is 8.96. The standard InChI is InChI=1S/C15H20O4/c1-6-11-7-8-12(13(9-11)17-5)18-10-14(16)19-15(2,3)4/h6-9H,1,10H2,2-5H3. The molecule has 0 heterocycles. The summed E-state index contributed by atoms with van der Waals surface area (Å²) in [6.07, 6.45) is 1.71. The van der Waals surface area contributed by atoms with E-state index in [1.165, 1.54) is 0 Å². The SMILES string of the molecule is C=Cc1ccc(OCC(=O)OC(C)(C)C)c(OC)c1. The van der Waals surface area contributed by atoms with E-state index in [-0.39, 0.29) is 6.61 Å². The second-order valence-corrected chi connectivity index (χ2v) is 4.99. The van der Waals surface area contributed by atoms with Gasteiger partial charge < -0.3 is 14.2 Å². The predicted octanol–water partition coefficient (Wildman–Crippen LogP) is 3.06. The second-order valence-electron chi connectivity index (χ2n) is 4.99. The topological polar surface area (TPSA) is 44.8 Å². The maximum absolute atomic E-state index is 11.6. The third-order valence-corrected chi connectivity index (χ3v) is 2.19. The largest absolute Gasteiger partial charge is 0.493 e. The van der Waals surface area contributed by atoms with Crippen LogP contribution < -0.4 is 9.47 Å². The van der Waals surface area contributed by atoms with Crippen LogP contribution in [0.15, 0.2) is 24.8 Å². The number of benzene rings is 1. The molecular weight excluding hydrogens is 244 g/mol. The molecule has 4 nitrogen and oxygen atoms in total. The van der Waals surface area contributed by atoms with Gasteiger partial charge in [0.1, 0.15) is 5.60 Å². The van der Waals surface area contributed by atoms with Crippen LogP contribution in [0, 0.1) is 0 Å². The Morgan fingerprint density at radius 2 is 2.00 bits per heavy atom. The highest BCUT2D eigenvalue weighted by Gasteiger charge is 2.17. The smallest absolute Gasteiger partial charge is 0.344 e. The van der Waals surface area contributed by atoms with Crippen molar-refractivity contribution in [2.24, 2.45) is 0 Å². The molecule has 0 atom stereocenters.